The van der Waals surface area contributed by atoms with Crippen LogP contribution in [0, 0.1) is 13.8 Å². The molecule has 2 N–H and O–H groups in total. The zero-order valence-electron chi connectivity index (χ0n) is 18.6. The minimum absolute atomic E-state index is 0.0219. The molecule has 0 unspecified atom stereocenters. The first-order chi connectivity index (χ1) is 14.9. The van der Waals surface area contributed by atoms with Crippen LogP contribution in [0.3, 0.4) is 0 Å². The number of nitrogens with zero attached hydrogens (tertiary/aromatic N) is 2. The fourth-order valence-corrected chi connectivity index (χ4v) is 4.39. The fraction of sp³-hybridized carbons (Fsp3) is 0.565. The summed E-state index contributed by atoms with van der Waals surface area (Å²) in [5.41, 5.74) is 3.66. The number of amides is 2. The number of H-pyrrole nitrogens is 1. The molecule has 2 aliphatic rings. The van der Waals surface area contributed by atoms with Crippen LogP contribution in [0.5, 0.6) is 0 Å². The lowest BCUT2D eigenvalue weighted by molar-refractivity contribution is -0.171. The van der Waals surface area contributed by atoms with Gasteiger partial charge in [-0.2, -0.15) is 0 Å². The van der Waals surface area contributed by atoms with E-state index in [1.807, 2.05) is 17.9 Å². The highest BCUT2D eigenvalue weighted by Gasteiger charge is 2.42. The first-order valence-corrected chi connectivity index (χ1v) is 10.9. The van der Waals surface area contributed by atoms with Crippen molar-refractivity contribution >= 4 is 22.7 Å². The first-order valence-electron chi connectivity index (χ1n) is 10.9. The topological polar surface area (TPSA) is 86.9 Å². The third kappa shape index (κ3) is 4.76. The smallest absolute Gasteiger partial charge is 0.256 e. The summed E-state index contributed by atoms with van der Waals surface area (Å²) in [4.78, 5) is 32.7. The average molecular weight is 429 g/mol. The van der Waals surface area contributed by atoms with E-state index in [2.05, 4.69) is 36.3 Å². The largest absolute Gasteiger partial charge is 0.378 e. The molecule has 0 radical (unpaired) electrons. The van der Waals surface area contributed by atoms with Crippen LogP contribution in [-0.2, 0) is 25.6 Å². The number of aryl methyl sites for hydroxylation is 2. The van der Waals surface area contributed by atoms with Gasteiger partial charge in [-0.15, -0.1) is 0 Å². The Hall–Kier alpha value is -2.42. The van der Waals surface area contributed by atoms with Crippen LogP contribution < -0.4 is 5.32 Å². The van der Waals surface area contributed by atoms with Crippen molar-refractivity contribution in [1.29, 1.82) is 0 Å². The number of rotatable bonds is 5. The summed E-state index contributed by atoms with van der Waals surface area (Å²) >= 11 is 0. The van der Waals surface area contributed by atoms with Gasteiger partial charge in [0.15, 0.2) is 5.60 Å². The molecule has 4 rings (SSSR count). The molecule has 1 aromatic carbocycles. The van der Waals surface area contributed by atoms with Crippen LogP contribution >= 0.6 is 0 Å². The molecule has 2 aliphatic heterocycles. The van der Waals surface area contributed by atoms with Gasteiger partial charge in [0, 0.05) is 49.3 Å². The number of aromatic amines is 1. The Morgan fingerprint density at radius 3 is 2.71 bits per heavy atom. The maximum atomic E-state index is 13.0. The second kappa shape index (κ2) is 8.98. The number of morpholine rings is 2. The van der Waals surface area contributed by atoms with Gasteiger partial charge in [-0.05, 0) is 44.0 Å². The summed E-state index contributed by atoms with van der Waals surface area (Å²) in [6, 6.07) is 6.22. The number of aromatic nitrogens is 1. The molecule has 2 aromatic rings. The Labute approximate surface area is 182 Å². The van der Waals surface area contributed by atoms with E-state index in [1.165, 1.54) is 10.9 Å². The molecule has 31 heavy (non-hydrogen) atoms. The van der Waals surface area contributed by atoms with Gasteiger partial charge >= 0.3 is 0 Å². The predicted octanol–water partition coefficient (Wildman–Crippen LogP) is 1.35. The SMILES string of the molecule is Cc1[nH]c2ccc(CNC(=O)CN3CCO[C@](C)(C(=O)N4CCOCC4)C3)cc2c1C. The Morgan fingerprint density at radius 2 is 1.94 bits per heavy atom. The molecule has 2 saturated heterocycles. The molecular formula is C23H32N4O4. The molecular weight excluding hydrogens is 396 g/mol. The molecule has 0 saturated carbocycles. The quantitative estimate of drug-likeness (QED) is 0.751. The lowest BCUT2D eigenvalue weighted by atomic mass is 10.0. The lowest BCUT2D eigenvalue weighted by Gasteiger charge is -2.42. The summed E-state index contributed by atoms with van der Waals surface area (Å²) in [6.45, 7) is 10.5. The Balaban J connectivity index is 1.32. The van der Waals surface area contributed by atoms with Gasteiger partial charge in [-0.25, -0.2) is 0 Å². The lowest BCUT2D eigenvalue weighted by Crippen LogP contribution is -2.61. The minimum atomic E-state index is -0.926. The van der Waals surface area contributed by atoms with Crippen molar-refractivity contribution in [3.8, 4) is 0 Å². The molecule has 0 aliphatic carbocycles. The van der Waals surface area contributed by atoms with Crippen molar-refractivity contribution < 1.29 is 19.1 Å². The number of carbonyl (C=O) groups is 2. The van der Waals surface area contributed by atoms with E-state index in [-0.39, 0.29) is 18.4 Å². The number of carbonyl (C=O) groups excluding carboxylic acids is 2. The predicted molar refractivity (Wildman–Crippen MR) is 118 cm³/mol. The second-order valence-electron chi connectivity index (χ2n) is 8.73. The van der Waals surface area contributed by atoms with Gasteiger partial charge < -0.3 is 24.7 Å². The maximum Gasteiger partial charge on any atom is 0.256 e. The van der Waals surface area contributed by atoms with Crippen LogP contribution in [0.4, 0.5) is 0 Å². The van der Waals surface area contributed by atoms with E-state index in [0.717, 1.165) is 16.8 Å². The van der Waals surface area contributed by atoms with Gasteiger partial charge in [-0.3, -0.25) is 14.5 Å². The van der Waals surface area contributed by atoms with Gasteiger partial charge in [-0.1, -0.05) is 6.07 Å². The van der Waals surface area contributed by atoms with Gasteiger partial charge in [0.05, 0.1) is 26.4 Å². The molecule has 8 heteroatoms. The number of fused-ring (bicyclic) bond motifs is 1. The van der Waals surface area contributed by atoms with E-state index in [1.54, 1.807) is 4.90 Å². The number of hydrogen-bond acceptors (Lipinski definition) is 5. The third-order valence-corrected chi connectivity index (χ3v) is 6.33. The normalized spacial score (nSPS) is 22.6. The third-order valence-electron chi connectivity index (χ3n) is 6.33. The van der Waals surface area contributed by atoms with E-state index in [4.69, 9.17) is 9.47 Å². The number of benzene rings is 1. The molecule has 1 aromatic heterocycles. The standard InChI is InChI=1S/C23H32N4O4/c1-16-17(2)25-20-5-4-18(12-19(16)20)13-24-21(28)14-26-6-11-31-23(3,15-26)22(29)27-7-9-30-10-8-27/h4-5,12,25H,6-11,13-15H2,1-3H3,(H,24,28)/t23-/m0/s1. The summed E-state index contributed by atoms with van der Waals surface area (Å²) in [6.07, 6.45) is 0. The Bertz CT molecular complexity index is 966. The highest BCUT2D eigenvalue weighted by molar-refractivity contribution is 5.86. The molecule has 0 spiro atoms. The van der Waals surface area contributed by atoms with E-state index < -0.39 is 5.60 Å². The molecule has 3 heterocycles. The van der Waals surface area contributed by atoms with Crippen molar-refractivity contribution in [2.45, 2.75) is 32.9 Å². The fourth-order valence-electron chi connectivity index (χ4n) is 4.39. The average Bonchev–Trinajstić information content (AvgIpc) is 3.05. The molecule has 2 fully saturated rings. The van der Waals surface area contributed by atoms with Crippen molar-refractivity contribution in [2.75, 3.05) is 52.5 Å². The summed E-state index contributed by atoms with van der Waals surface area (Å²) < 4.78 is 11.2. The van der Waals surface area contributed by atoms with Gasteiger partial charge in [0.2, 0.25) is 5.91 Å². The van der Waals surface area contributed by atoms with Crippen LogP contribution in [0.2, 0.25) is 0 Å². The monoisotopic (exact) mass is 428 g/mol. The zero-order valence-corrected chi connectivity index (χ0v) is 18.6. The van der Waals surface area contributed by atoms with E-state index in [0.29, 0.717) is 52.5 Å². The van der Waals surface area contributed by atoms with Crippen LogP contribution in [-0.4, -0.2) is 84.7 Å². The van der Waals surface area contributed by atoms with Crippen molar-refractivity contribution in [2.24, 2.45) is 0 Å². The maximum absolute atomic E-state index is 13.0. The van der Waals surface area contributed by atoms with Crippen LogP contribution in [0.15, 0.2) is 18.2 Å². The molecule has 1 atom stereocenters. The van der Waals surface area contributed by atoms with Gasteiger partial charge in [0.1, 0.15) is 0 Å². The number of nitrogens with one attached hydrogen (secondary N) is 2. The number of ether oxygens (including phenoxy) is 2. The zero-order chi connectivity index (χ0) is 22.0. The van der Waals surface area contributed by atoms with Crippen molar-refractivity contribution in [3.05, 3.63) is 35.0 Å². The van der Waals surface area contributed by atoms with Crippen molar-refractivity contribution in [1.82, 2.24) is 20.1 Å². The highest BCUT2D eigenvalue weighted by Crippen LogP contribution is 2.23. The Kier molecular flexibility index (Phi) is 6.31. The van der Waals surface area contributed by atoms with Crippen LogP contribution in [0.1, 0.15) is 23.7 Å². The minimum Gasteiger partial charge on any atom is -0.378 e. The molecule has 168 valence electrons. The molecule has 0 bridgehead atoms. The van der Waals surface area contributed by atoms with Gasteiger partial charge in [0.25, 0.3) is 5.91 Å². The second-order valence-corrected chi connectivity index (χ2v) is 8.73. The van der Waals surface area contributed by atoms with Crippen molar-refractivity contribution in [3.63, 3.8) is 0 Å². The molecule has 8 nitrogen and oxygen atoms in total. The number of hydrogen-bond donors (Lipinski definition) is 2. The van der Waals surface area contributed by atoms with E-state index in [9.17, 15) is 9.59 Å². The molecule has 2 amide bonds. The summed E-state index contributed by atoms with van der Waals surface area (Å²) in [7, 11) is 0. The van der Waals surface area contributed by atoms with Crippen LogP contribution in [0.25, 0.3) is 10.9 Å². The Morgan fingerprint density at radius 1 is 1.16 bits per heavy atom. The highest BCUT2D eigenvalue weighted by atomic mass is 16.5. The first kappa shape index (κ1) is 21.8. The summed E-state index contributed by atoms with van der Waals surface area (Å²) in [5.74, 6) is -0.0727. The summed E-state index contributed by atoms with van der Waals surface area (Å²) in [5, 5.41) is 4.20. The van der Waals surface area contributed by atoms with E-state index >= 15 is 0 Å².